The molecule has 1 aliphatic carbocycles. The van der Waals surface area contributed by atoms with Crippen molar-refractivity contribution < 1.29 is 9.47 Å². The predicted octanol–water partition coefficient (Wildman–Crippen LogP) is 3.75. The van der Waals surface area contributed by atoms with Crippen molar-refractivity contribution in [3.63, 3.8) is 0 Å². The zero-order valence-corrected chi connectivity index (χ0v) is 13.4. The fraction of sp³-hybridized carbons (Fsp3) is 0.500. The Kier molecular flexibility index (Phi) is 5.91. The van der Waals surface area contributed by atoms with Crippen LogP contribution in [0.1, 0.15) is 43.7 Å². The molecule has 0 amide bonds. The van der Waals surface area contributed by atoms with E-state index in [2.05, 4.69) is 11.5 Å². The van der Waals surface area contributed by atoms with Gasteiger partial charge >= 0.3 is 0 Å². The summed E-state index contributed by atoms with van der Waals surface area (Å²) in [5, 5.41) is 0.529. The van der Waals surface area contributed by atoms with Crippen molar-refractivity contribution in [2.75, 3.05) is 14.2 Å². The Morgan fingerprint density at radius 3 is 2.67 bits per heavy atom. The maximum absolute atomic E-state index is 6.29. The molecule has 1 atom stereocenters. The minimum absolute atomic E-state index is 0.0413. The average Bonchev–Trinajstić information content (AvgIpc) is 2.76. The van der Waals surface area contributed by atoms with Crippen molar-refractivity contribution in [2.45, 2.75) is 38.1 Å². The molecule has 0 saturated carbocycles. The molecule has 2 rings (SSSR count). The average molecular weight is 311 g/mol. The van der Waals surface area contributed by atoms with Crippen molar-refractivity contribution >= 4 is 11.6 Å². The fourth-order valence-electron chi connectivity index (χ4n) is 2.82. The van der Waals surface area contributed by atoms with E-state index in [0.717, 1.165) is 18.4 Å². The van der Waals surface area contributed by atoms with Crippen molar-refractivity contribution in [2.24, 2.45) is 5.84 Å². The molecule has 1 aromatic rings. The fourth-order valence-corrected chi connectivity index (χ4v) is 3.12. The van der Waals surface area contributed by atoms with Crippen LogP contribution in [0.25, 0.3) is 0 Å². The molecule has 0 spiro atoms. The van der Waals surface area contributed by atoms with Gasteiger partial charge in [0.15, 0.2) is 11.5 Å². The molecule has 3 N–H and O–H groups in total. The molecule has 0 saturated heterocycles. The molecule has 1 aliphatic rings. The molecular weight excluding hydrogens is 288 g/mol. The lowest BCUT2D eigenvalue weighted by molar-refractivity contribution is 0.354. The highest BCUT2D eigenvalue weighted by atomic mass is 35.5. The third-order valence-corrected chi connectivity index (χ3v) is 4.18. The van der Waals surface area contributed by atoms with Crippen molar-refractivity contribution in [3.05, 3.63) is 34.4 Å². The molecule has 0 aliphatic heterocycles. The number of hydrogen-bond donors (Lipinski definition) is 2. The number of rotatable bonds is 5. The summed E-state index contributed by atoms with van der Waals surface area (Å²) in [7, 11) is 3.18. The number of methoxy groups -OCH3 is 2. The van der Waals surface area contributed by atoms with E-state index in [-0.39, 0.29) is 6.04 Å². The van der Waals surface area contributed by atoms with Crippen LogP contribution in [0.4, 0.5) is 0 Å². The van der Waals surface area contributed by atoms with Crippen LogP contribution in [0.15, 0.2) is 23.8 Å². The van der Waals surface area contributed by atoms with Crippen LogP contribution in [0, 0.1) is 0 Å². The highest BCUT2D eigenvalue weighted by molar-refractivity contribution is 6.32. The molecule has 116 valence electrons. The highest BCUT2D eigenvalue weighted by Crippen LogP contribution is 2.39. The van der Waals surface area contributed by atoms with Gasteiger partial charge in [0.2, 0.25) is 0 Å². The zero-order valence-electron chi connectivity index (χ0n) is 12.6. The van der Waals surface area contributed by atoms with Gasteiger partial charge in [0.05, 0.1) is 25.3 Å². The predicted molar refractivity (Wildman–Crippen MR) is 85.8 cm³/mol. The first-order chi connectivity index (χ1) is 10.2. The smallest absolute Gasteiger partial charge is 0.179 e. The van der Waals surface area contributed by atoms with Crippen molar-refractivity contribution in [1.29, 1.82) is 0 Å². The maximum Gasteiger partial charge on any atom is 0.179 e. The Labute approximate surface area is 131 Å². The number of halogens is 1. The van der Waals surface area contributed by atoms with Crippen molar-refractivity contribution in [3.8, 4) is 11.5 Å². The number of nitrogens with one attached hydrogen (secondary N) is 1. The Bertz CT molecular complexity index is 517. The van der Waals surface area contributed by atoms with E-state index in [1.54, 1.807) is 14.2 Å². The van der Waals surface area contributed by atoms with Gasteiger partial charge in [-0.1, -0.05) is 29.7 Å². The van der Waals surface area contributed by atoms with Gasteiger partial charge in [-0.3, -0.25) is 5.84 Å². The van der Waals surface area contributed by atoms with E-state index in [0.29, 0.717) is 16.5 Å². The largest absolute Gasteiger partial charge is 0.493 e. The van der Waals surface area contributed by atoms with E-state index >= 15 is 0 Å². The van der Waals surface area contributed by atoms with Crippen LogP contribution >= 0.6 is 11.6 Å². The number of ether oxygens (including phenoxy) is 2. The van der Waals surface area contributed by atoms with Gasteiger partial charge in [0.1, 0.15) is 0 Å². The number of benzene rings is 1. The summed E-state index contributed by atoms with van der Waals surface area (Å²) in [5.41, 5.74) is 5.22. The van der Waals surface area contributed by atoms with Gasteiger partial charge in [0, 0.05) is 0 Å². The summed E-state index contributed by atoms with van der Waals surface area (Å²) in [6.45, 7) is 0. The van der Waals surface area contributed by atoms with Gasteiger partial charge < -0.3 is 9.47 Å². The molecule has 0 heterocycles. The second-order valence-electron chi connectivity index (χ2n) is 5.22. The van der Waals surface area contributed by atoms with Gasteiger partial charge in [-0.15, -0.1) is 0 Å². The molecule has 0 aromatic heterocycles. The number of hydrogen-bond acceptors (Lipinski definition) is 4. The van der Waals surface area contributed by atoms with Crippen LogP contribution in [0.5, 0.6) is 11.5 Å². The number of allylic oxidation sites excluding steroid dienone is 1. The Morgan fingerprint density at radius 2 is 2.00 bits per heavy atom. The van der Waals surface area contributed by atoms with Gasteiger partial charge in [0.25, 0.3) is 0 Å². The molecule has 1 unspecified atom stereocenters. The molecule has 1 aromatic carbocycles. The van der Waals surface area contributed by atoms with Gasteiger partial charge in [-0.05, 0) is 43.4 Å². The van der Waals surface area contributed by atoms with Crippen LogP contribution in [0.3, 0.4) is 0 Å². The maximum atomic E-state index is 6.29. The standard InChI is InChI=1S/C16H23ClN2O2/c1-20-14-10-12(9-13(17)16(14)21-2)15(19-18)11-7-5-3-4-6-8-11/h7,9-10,15,19H,3-6,8,18H2,1-2H3. The first-order valence-corrected chi connectivity index (χ1v) is 7.65. The Hall–Kier alpha value is -1.23. The second kappa shape index (κ2) is 7.69. The monoisotopic (exact) mass is 310 g/mol. The van der Waals surface area contributed by atoms with Crippen molar-refractivity contribution in [1.82, 2.24) is 5.43 Å². The molecule has 0 fully saturated rings. The third-order valence-electron chi connectivity index (χ3n) is 3.90. The molecule has 0 radical (unpaired) electrons. The SMILES string of the molecule is COc1cc(C(NN)C2=CCCCCC2)cc(Cl)c1OC. The van der Waals surface area contributed by atoms with Crippen LogP contribution in [-0.2, 0) is 0 Å². The zero-order chi connectivity index (χ0) is 15.2. The third kappa shape index (κ3) is 3.70. The number of hydrazine groups is 1. The lowest BCUT2D eigenvalue weighted by atomic mass is 9.95. The quantitative estimate of drug-likeness (QED) is 0.494. The first-order valence-electron chi connectivity index (χ1n) is 7.27. The molecular formula is C16H23ClN2O2. The molecule has 21 heavy (non-hydrogen) atoms. The van der Waals surface area contributed by atoms with Crippen LogP contribution in [-0.4, -0.2) is 14.2 Å². The summed E-state index contributed by atoms with van der Waals surface area (Å²) in [6.07, 6.45) is 8.17. The Balaban J connectivity index is 2.37. The summed E-state index contributed by atoms with van der Waals surface area (Å²) >= 11 is 6.29. The van der Waals surface area contributed by atoms with E-state index in [9.17, 15) is 0 Å². The molecule has 0 bridgehead atoms. The summed E-state index contributed by atoms with van der Waals surface area (Å²) < 4.78 is 10.6. The van der Waals surface area contributed by atoms with Crippen LogP contribution in [0.2, 0.25) is 5.02 Å². The highest BCUT2D eigenvalue weighted by Gasteiger charge is 2.20. The van der Waals surface area contributed by atoms with E-state index in [4.69, 9.17) is 26.9 Å². The lowest BCUT2D eigenvalue weighted by Gasteiger charge is -2.21. The molecule has 5 heteroatoms. The summed E-state index contributed by atoms with van der Waals surface area (Å²) in [5.74, 6) is 6.96. The normalized spacial score (nSPS) is 16.9. The molecule has 4 nitrogen and oxygen atoms in total. The minimum Gasteiger partial charge on any atom is -0.493 e. The van der Waals surface area contributed by atoms with Crippen LogP contribution < -0.4 is 20.7 Å². The second-order valence-corrected chi connectivity index (χ2v) is 5.62. The minimum atomic E-state index is -0.0413. The van der Waals surface area contributed by atoms with E-state index in [1.165, 1.54) is 24.8 Å². The van der Waals surface area contributed by atoms with E-state index in [1.807, 2.05) is 12.1 Å². The summed E-state index contributed by atoms with van der Waals surface area (Å²) in [4.78, 5) is 0. The Morgan fingerprint density at radius 1 is 1.19 bits per heavy atom. The summed E-state index contributed by atoms with van der Waals surface area (Å²) in [6, 6.07) is 3.78. The van der Waals surface area contributed by atoms with Gasteiger partial charge in [-0.2, -0.15) is 0 Å². The topological polar surface area (TPSA) is 56.5 Å². The van der Waals surface area contributed by atoms with Gasteiger partial charge in [-0.25, -0.2) is 5.43 Å². The first kappa shape index (κ1) is 16.1. The lowest BCUT2D eigenvalue weighted by Crippen LogP contribution is -2.29. The number of nitrogens with two attached hydrogens (primary N) is 1. The van der Waals surface area contributed by atoms with E-state index < -0.39 is 0 Å².